The van der Waals surface area contributed by atoms with Crippen molar-refractivity contribution < 1.29 is 0 Å². The number of imidazole rings is 1. The van der Waals surface area contributed by atoms with Gasteiger partial charge in [-0.3, -0.25) is 0 Å². The first-order valence-corrected chi connectivity index (χ1v) is 7.32. The number of benzene rings is 1. The highest BCUT2D eigenvalue weighted by Crippen LogP contribution is 2.30. The molecule has 1 saturated heterocycles. The van der Waals surface area contributed by atoms with Crippen LogP contribution in [0.5, 0.6) is 0 Å². The minimum absolute atomic E-state index is 0.406. The topological polar surface area (TPSA) is 29.9 Å². The largest absolute Gasteiger partial charge is 0.330 e. The Labute approximate surface area is 116 Å². The molecule has 1 N–H and O–H groups in total. The lowest BCUT2D eigenvalue weighted by atomic mass is 10.0. The van der Waals surface area contributed by atoms with Gasteiger partial charge in [0.2, 0.25) is 0 Å². The van der Waals surface area contributed by atoms with E-state index < -0.39 is 0 Å². The summed E-state index contributed by atoms with van der Waals surface area (Å²) in [5, 5.41) is 3.57. The quantitative estimate of drug-likeness (QED) is 0.874. The van der Waals surface area contributed by atoms with Gasteiger partial charge in [0.1, 0.15) is 11.3 Å². The summed E-state index contributed by atoms with van der Waals surface area (Å²) >= 11 is 3.62. The van der Waals surface area contributed by atoms with Crippen LogP contribution in [0.3, 0.4) is 0 Å². The summed E-state index contributed by atoms with van der Waals surface area (Å²) in [6, 6.07) is 4.75. The van der Waals surface area contributed by atoms with E-state index in [0.717, 1.165) is 22.4 Å². The Morgan fingerprint density at radius 3 is 2.94 bits per heavy atom. The summed E-state index contributed by atoms with van der Waals surface area (Å²) in [6.07, 6.45) is 3.76. The summed E-state index contributed by atoms with van der Waals surface area (Å²) in [7, 11) is 2.12. The molecule has 1 aromatic heterocycles. The van der Waals surface area contributed by atoms with Crippen LogP contribution < -0.4 is 5.32 Å². The Hall–Kier alpha value is -0.870. The van der Waals surface area contributed by atoms with Crippen molar-refractivity contribution in [3.8, 4) is 0 Å². The Morgan fingerprint density at radius 1 is 1.39 bits per heavy atom. The van der Waals surface area contributed by atoms with Gasteiger partial charge in [0.05, 0.1) is 11.6 Å². The highest BCUT2D eigenvalue weighted by atomic mass is 79.9. The van der Waals surface area contributed by atoms with Crippen LogP contribution >= 0.6 is 15.9 Å². The maximum Gasteiger partial charge on any atom is 0.126 e. The van der Waals surface area contributed by atoms with Gasteiger partial charge < -0.3 is 9.88 Å². The molecule has 0 amide bonds. The second-order valence-corrected chi connectivity index (χ2v) is 6.00. The summed E-state index contributed by atoms with van der Waals surface area (Å²) in [6.45, 7) is 3.23. The van der Waals surface area contributed by atoms with Crippen LogP contribution in [0, 0.1) is 6.92 Å². The fraction of sp³-hybridized carbons (Fsp3) is 0.500. The molecule has 2 heterocycles. The average Bonchev–Trinajstić information content (AvgIpc) is 2.69. The van der Waals surface area contributed by atoms with Gasteiger partial charge in [-0.2, -0.15) is 0 Å². The van der Waals surface area contributed by atoms with E-state index in [1.54, 1.807) is 0 Å². The summed E-state index contributed by atoms with van der Waals surface area (Å²) in [5.41, 5.74) is 3.55. The minimum atomic E-state index is 0.406. The molecule has 1 aliphatic rings. The fourth-order valence-electron chi connectivity index (χ4n) is 2.78. The molecule has 1 fully saturated rings. The molecule has 0 bridgehead atoms. The number of nitrogens with one attached hydrogen (secondary N) is 1. The SMILES string of the molecule is Cc1cc(Br)c2nc(C3CCCCN3)n(C)c2c1. The molecule has 2 aromatic rings. The van der Waals surface area contributed by atoms with Gasteiger partial charge in [0, 0.05) is 11.5 Å². The molecule has 1 unspecified atom stereocenters. The van der Waals surface area contributed by atoms with Crippen molar-refractivity contribution in [2.75, 3.05) is 6.54 Å². The monoisotopic (exact) mass is 307 g/mol. The molecular formula is C14H18BrN3. The van der Waals surface area contributed by atoms with Crippen LogP contribution in [0.25, 0.3) is 11.0 Å². The predicted octanol–water partition coefficient (Wildman–Crippen LogP) is 3.46. The van der Waals surface area contributed by atoms with E-state index >= 15 is 0 Å². The highest BCUT2D eigenvalue weighted by molar-refractivity contribution is 9.10. The van der Waals surface area contributed by atoms with E-state index in [9.17, 15) is 0 Å². The van der Waals surface area contributed by atoms with Gasteiger partial charge in [-0.1, -0.05) is 6.42 Å². The molecule has 0 aliphatic carbocycles. The number of aryl methyl sites for hydroxylation is 2. The Balaban J connectivity index is 2.13. The van der Waals surface area contributed by atoms with Gasteiger partial charge >= 0.3 is 0 Å². The molecule has 3 nitrogen and oxygen atoms in total. The van der Waals surface area contributed by atoms with Crippen molar-refractivity contribution in [2.45, 2.75) is 32.2 Å². The lowest BCUT2D eigenvalue weighted by Crippen LogP contribution is -2.28. The van der Waals surface area contributed by atoms with E-state index in [-0.39, 0.29) is 0 Å². The van der Waals surface area contributed by atoms with Crippen molar-refractivity contribution in [1.29, 1.82) is 0 Å². The minimum Gasteiger partial charge on any atom is -0.330 e. The second-order valence-electron chi connectivity index (χ2n) is 5.15. The van der Waals surface area contributed by atoms with Crippen LogP contribution in [0.15, 0.2) is 16.6 Å². The molecule has 1 atom stereocenters. The summed E-state index contributed by atoms with van der Waals surface area (Å²) < 4.78 is 3.32. The molecule has 3 rings (SSSR count). The number of nitrogens with zero attached hydrogens (tertiary/aromatic N) is 2. The van der Waals surface area contributed by atoms with Crippen LogP contribution in [0.4, 0.5) is 0 Å². The lowest BCUT2D eigenvalue weighted by molar-refractivity contribution is 0.392. The van der Waals surface area contributed by atoms with Gasteiger partial charge in [0.25, 0.3) is 0 Å². The number of rotatable bonds is 1. The predicted molar refractivity (Wildman–Crippen MR) is 77.7 cm³/mol. The number of halogens is 1. The maximum atomic E-state index is 4.83. The molecule has 0 spiro atoms. The standard InChI is InChI=1S/C14H18BrN3/c1-9-7-10(15)13-12(8-9)18(2)14(17-13)11-5-3-4-6-16-11/h7-8,11,16H,3-6H2,1-2H3. The molecule has 0 saturated carbocycles. The van der Waals surface area contributed by atoms with Gasteiger partial charge in [0.15, 0.2) is 0 Å². The zero-order valence-corrected chi connectivity index (χ0v) is 12.4. The number of piperidine rings is 1. The average molecular weight is 308 g/mol. The lowest BCUT2D eigenvalue weighted by Gasteiger charge is -2.22. The summed E-state index contributed by atoms with van der Waals surface area (Å²) in [5.74, 6) is 1.16. The van der Waals surface area contributed by atoms with Crippen molar-refractivity contribution in [3.63, 3.8) is 0 Å². The van der Waals surface area contributed by atoms with Gasteiger partial charge in [-0.05, 0) is 59.9 Å². The van der Waals surface area contributed by atoms with Crippen molar-refractivity contribution in [3.05, 3.63) is 28.0 Å². The molecule has 4 heteroatoms. The highest BCUT2D eigenvalue weighted by Gasteiger charge is 2.21. The molecular weight excluding hydrogens is 290 g/mol. The van der Waals surface area contributed by atoms with E-state index in [0.29, 0.717) is 6.04 Å². The third-order valence-electron chi connectivity index (χ3n) is 3.74. The first kappa shape index (κ1) is 12.2. The second kappa shape index (κ2) is 4.67. The van der Waals surface area contributed by atoms with Crippen molar-refractivity contribution in [1.82, 2.24) is 14.9 Å². The van der Waals surface area contributed by atoms with Gasteiger partial charge in [-0.15, -0.1) is 0 Å². The van der Waals surface area contributed by atoms with E-state index in [1.807, 2.05) is 0 Å². The fourth-order valence-corrected chi connectivity index (χ4v) is 3.43. The Kier molecular flexibility index (Phi) is 3.16. The number of fused-ring (bicyclic) bond motifs is 1. The van der Waals surface area contributed by atoms with Crippen molar-refractivity contribution >= 4 is 27.0 Å². The van der Waals surface area contributed by atoms with E-state index in [1.165, 1.54) is 30.3 Å². The number of hydrogen-bond donors (Lipinski definition) is 1. The van der Waals surface area contributed by atoms with Crippen LogP contribution in [0.1, 0.15) is 36.7 Å². The third-order valence-corrected chi connectivity index (χ3v) is 4.35. The van der Waals surface area contributed by atoms with Gasteiger partial charge in [-0.25, -0.2) is 4.98 Å². The maximum absolute atomic E-state index is 4.83. The molecule has 96 valence electrons. The van der Waals surface area contributed by atoms with E-state index in [2.05, 4.69) is 51.9 Å². The summed E-state index contributed by atoms with van der Waals surface area (Å²) in [4.78, 5) is 4.83. The molecule has 18 heavy (non-hydrogen) atoms. The van der Waals surface area contributed by atoms with Crippen molar-refractivity contribution in [2.24, 2.45) is 7.05 Å². The van der Waals surface area contributed by atoms with Crippen LogP contribution in [-0.4, -0.2) is 16.1 Å². The first-order valence-electron chi connectivity index (χ1n) is 6.52. The third kappa shape index (κ3) is 1.97. The molecule has 1 aromatic carbocycles. The van der Waals surface area contributed by atoms with E-state index in [4.69, 9.17) is 4.98 Å². The number of aromatic nitrogens is 2. The zero-order chi connectivity index (χ0) is 12.7. The Bertz CT molecular complexity index is 582. The smallest absolute Gasteiger partial charge is 0.126 e. The number of hydrogen-bond acceptors (Lipinski definition) is 2. The zero-order valence-electron chi connectivity index (χ0n) is 10.8. The van der Waals surface area contributed by atoms with Crippen LogP contribution in [-0.2, 0) is 7.05 Å². The first-order chi connectivity index (χ1) is 8.66. The molecule has 1 aliphatic heterocycles. The normalized spacial score (nSPS) is 20.5. The van der Waals surface area contributed by atoms with Crippen LogP contribution in [0.2, 0.25) is 0 Å². The molecule has 0 radical (unpaired) electrons. The Morgan fingerprint density at radius 2 is 2.22 bits per heavy atom.